The highest BCUT2D eigenvalue weighted by Crippen LogP contribution is 2.21. The van der Waals surface area contributed by atoms with Crippen LogP contribution >= 0.6 is 11.8 Å². The Hall–Kier alpha value is -1.89. The number of guanidine groups is 1. The van der Waals surface area contributed by atoms with Gasteiger partial charge in [-0.3, -0.25) is 4.79 Å². The van der Waals surface area contributed by atoms with Gasteiger partial charge in [-0.1, -0.05) is 19.1 Å². The number of hydrogen-bond acceptors (Lipinski definition) is 4. The number of benzene rings is 1. The van der Waals surface area contributed by atoms with E-state index in [-0.39, 0.29) is 12.5 Å². The van der Waals surface area contributed by atoms with Gasteiger partial charge in [0.2, 0.25) is 0 Å². The first-order chi connectivity index (χ1) is 13.7. The standard InChI is InChI=1S/C21H32N4O2S/c1-3-19-14-25(10-11-28-19)21(22-4-2)23-13-16-6-5-7-18(12-16)27-15-20(26)24-17-8-9-17/h5-7,12,17,19H,3-4,8-11,13-15H2,1-2H3,(H,22,23)(H,24,26). The van der Waals surface area contributed by atoms with Crippen molar-refractivity contribution in [2.75, 3.05) is 32.0 Å². The molecule has 1 aliphatic carbocycles. The van der Waals surface area contributed by atoms with Crippen molar-refractivity contribution in [1.82, 2.24) is 15.5 Å². The third-order valence-electron chi connectivity index (χ3n) is 4.85. The molecule has 1 heterocycles. The highest BCUT2D eigenvalue weighted by Gasteiger charge is 2.23. The summed E-state index contributed by atoms with van der Waals surface area (Å²) in [6.07, 6.45) is 3.36. The smallest absolute Gasteiger partial charge is 0.258 e. The van der Waals surface area contributed by atoms with E-state index in [1.54, 1.807) is 0 Å². The summed E-state index contributed by atoms with van der Waals surface area (Å²) >= 11 is 2.06. The third-order valence-corrected chi connectivity index (χ3v) is 6.22. The molecule has 28 heavy (non-hydrogen) atoms. The van der Waals surface area contributed by atoms with Crippen LogP contribution in [0.15, 0.2) is 29.3 Å². The molecule has 0 aromatic heterocycles. The van der Waals surface area contributed by atoms with E-state index in [0.717, 1.165) is 49.8 Å². The maximum absolute atomic E-state index is 11.8. The minimum atomic E-state index is -0.0474. The van der Waals surface area contributed by atoms with Crippen LogP contribution in [0, 0.1) is 0 Å². The Bertz CT molecular complexity index is 678. The maximum atomic E-state index is 11.8. The van der Waals surface area contributed by atoms with Crippen molar-refractivity contribution in [2.45, 2.75) is 50.9 Å². The van der Waals surface area contributed by atoms with Crippen molar-refractivity contribution in [3.63, 3.8) is 0 Å². The lowest BCUT2D eigenvalue weighted by molar-refractivity contribution is -0.123. The predicted octanol–water partition coefficient (Wildman–Crippen LogP) is 2.64. The molecular formula is C21H32N4O2S. The van der Waals surface area contributed by atoms with E-state index in [2.05, 4.69) is 41.1 Å². The molecule has 1 saturated heterocycles. The fourth-order valence-electron chi connectivity index (χ4n) is 3.13. The van der Waals surface area contributed by atoms with E-state index in [1.165, 1.54) is 6.42 Å². The monoisotopic (exact) mass is 404 g/mol. The zero-order valence-electron chi connectivity index (χ0n) is 16.9. The van der Waals surface area contributed by atoms with Gasteiger partial charge in [-0.25, -0.2) is 4.99 Å². The second-order valence-electron chi connectivity index (χ2n) is 7.30. The molecule has 0 bridgehead atoms. The molecule has 1 saturated carbocycles. The number of carbonyl (C=O) groups is 1. The number of carbonyl (C=O) groups excluding carboxylic acids is 1. The molecule has 1 aromatic rings. The largest absolute Gasteiger partial charge is 0.484 e. The van der Waals surface area contributed by atoms with Gasteiger partial charge in [0.1, 0.15) is 5.75 Å². The van der Waals surface area contributed by atoms with Gasteiger partial charge in [0.15, 0.2) is 12.6 Å². The number of hydrogen-bond donors (Lipinski definition) is 2. The molecule has 2 aliphatic rings. The average Bonchev–Trinajstić information content (AvgIpc) is 3.54. The Morgan fingerprint density at radius 1 is 1.36 bits per heavy atom. The zero-order chi connectivity index (χ0) is 19.8. The molecule has 2 fully saturated rings. The first-order valence-electron chi connectivity index (χ1n) is 10.3. The molecule has 0 radical (unpaired) electrons. The van der Waals surface area contributed by atoms with Crippen LogP contribution in [0.5, 0.6) is 5.75 Å². The molecular weight excluding hydrogens is 372 g/mol. The molecule has 2 N–H and O–H groups in total. The number of rotatable bonds is 8. The van der Waals surface area contributed by atoms with E-state index >= 15 is 0 Å². The van der Waals surface area contributed by atoms with Gasteiger partial charge in [-0.2, -0.15) is 11.8 Å². The maximum Gasteiger partial charge on any atom is 0.258 e. The summed E-state index contributed by atoms with van der Waals surface area (Å²) in [6.45, 7) is 7.95. The third kappa shape index (κ3) is 6.62. The van der Waals surface area contributed by atoms with Gasteiger partial charge >= 0.3 is 0 Å². The first-order valence-corrected chi connectivity index (χ1v) is 11.4. The normalized spacial score (nSPS) is 20.0. The number of nitrogens with one attached hydrogen (secondary N) is 2. The van der Waals surface area contributed by atoms with Crippen molar-refractivity contribution in [3.05, 3.63) is 29.8 Å². The molecule has 6 nitrogen and oxygen atoms in total. The van der Waals surface area contributed by atoms with E-state index in [4.69, 9.17) is 9.73 Å². The van der Waals surface area contributed by atoms with Crippen LogP contribution in [0.25, 0.3) is 0 Å². The SMILES string of the molecule is CCNC(=NCc1cccc(OCC(=O)NC2CC2)c1)N1CCSC(CC)C1. The predicted molar refractivity (Wildman–Crippen MR) is 116 cm³/mol. The van der Waals surface area contributed by atoms with Crippen LogP contribution in [-0.2, 0) is 11.3 Å². The highest BCUT2D eigenvalue weighted by molar-refractivity contribution is 8.00. The van der Waals surface area contributed by atoms with Gasteiger partial charge in [0.25, 0.3) is 5.91 Å². The fraction of sp³-hybridized carbons (Fsp3) is 0.619. The van der Waals surface area contributed by atoms with Gasteiger partial charge in [-0.05, 0) is 43.9 Å². The lowest BCUT2D eigenvalue weighted by atomic mass is 10.2. The van der Waals surface area contributed by atoms with Crippen LogP contribution in [0.4, 0.5) is 0 Å². The number of thioether (sulfide) groups is 1. The quantitative estimate of drug-likeness (QED) is 0.515. The minimum absolute atomic E-state index is 0.0474. The van der Waals surface area contributed by atoms with Crippen molar-refractivity contribution < 1.29 is 9.53 Å². The fourth-order valence-corrected chi connectivity index (χ4v) is 4.31. The number of ether oxygens (including phenoxy) is 1. The average molecular weight is 405 g/mol. The lowest BCUT2D eigenvalue weighted by Crippen LogP contribution is -2.48. The van der Waals surface area contributed by atoms with E-state index in [0.29, 0.717) is 23.6 Å². The second kappa shape index (κ2) is 10.6. The topological polar surface area (TPSA) is 66.0 Å². The van der Waals surface area contributed by atoms with Crippen molar-refractivity contribution in [3.8, 4) is 5.75 Å². The Balaban J connectivity index is 1.56. The summed E-state index contributed by atoms with van der Waals surface area (Å²) in [5.41, 5.74) is 1.08. The molecule has 1 unspecified atom stereocenters. The van der Waals surface area contributed by atoms with Crippen molar-refractivity contribution in [2.24, 2.45) is 4.99 Å². The molecule has 7 heteroatoms. The summed E-state index contributed by atoms with van der Waals surface area (Å²) < 4.78 is 5.65. The molecule has 0 spiro atoms. The van der Waals surface area contributed by atoms with Gasteiger partial charge in [-0.15, -0.1) is 0 Å². The molecule has 154 valence electrons. The molecule has 3 rings (SSSR count). The summed E-state index contributed by atoms with van der Waals surface area (Å²) in [5, 5.41) is 7.04. The van der Waals surface area contributed by atoms with E-state index in [1.807, 2.05) is 24.3 Å². The minimum Gasteiger partial charge on any atom is -0.484 e. The number of aliphatic imine (C=N–C) groups is 1. The lowest BCUT2D eigenvalue weighted by Gasteiger charge is -2.34. The molecule has 1 aliphatic heterocycles. The molecule has 1 atom stereocenters. The van der Waals surface area contributed by atoms with Gasteiger partial charge < -0.3 is 20.3 Å². The second-order valence-corrected chi connectivity index (χ2v) is 8.70. The Kier molecular flexibility index (Phi) is 7.89. The Morgan fingerprint density at radius 3 is 2.96 bits per heavy atom. The summed E-state index contributed by atoms with van der Waals surface area (Å²) in [5.74, 6) is 2.80. The molecule has 1 aromatic carbocycles. The highest BCUT2D eigenvalue weighted by atomic mass is 32.2. The van der Waals surface area contributed by atoms with E-state index in [9.17, 15) is 4.79 Å². The van der Waals surface area contributed by atoms with Crippen molar-refractivity contribution >= 4 is 23.6 Å². The summed E-state index contributed by atoms with van der Waals surface area (Å²) in [4.78, 5) is 19.0. The zero-order valence-corrected chi connectivity index (χ0v) is 17.8. The van der Waals surface area contributed by atoms with E-state index < -0.39 is 0 Å². The van der Waals surface area contributed by atoms with Crippen LogP contribution in [-0.4, -0.2) is 60.1 Å². The first kappa shape index (κ1) is 20.8. The van der Waals surface area contributed by atoms with Crippen LogP contribution in [0.1, 0.15) is 38.7 Å². The van der Waals surface area contributed by atoms with Gasteiger partial charge in [0, 0.05) is 36.7 Å². The molecule has 1 amide bonds. The van der Waals surface area contributed by atoms with Crippen LogP contribution in [0.2, 0.25) is 0 Å². The number of nitrogens with zero attached hydrogens (tertiary/aromatic N) is 2. The summed E-state index contributed by atoms with van der Waals surface area (Å²) in [7, 11) is 0. The van der Waals surface area contributed by atoms with Crippen molar-refractivity contribution in [1.29, 1.82) is 0 Å². The van der Waals surface area contributed by atoms with Crippen LogP contribution < -0.4 is 15.4 Å². The summed E-state index contributed by atoms with van der Waals surface area (Å²) in [6, 6.07) is 8.22. The Morgan fingerprint density at radius 2 is 2.21 bits per heavy atom. The number of amides is 1. The van der Waals surface area contributed by atoms with Crippen LogP contribution in [0.3, 0.4) is 0 Å². The van der Waals surface area contributed by atoms with Gasteiger partial charge in [0.05, 0.1) is 6.54 Å². The Labute approximate surface area is 172 Å².